The minimum absolute atomic E-state index is 0.0784. The molecule has 2 rings (SSSR count). The Labute approximate surface area is 122 Å². The Bertz CT molecular complexity index is 594. The zero-order valence-electron chi connectivity index (χ0n) is 11.9. The second-order valence-corrected chi connectivity index (χ2v) is 4.79. The molecular formula is C15H16N2O4. The van der Waals surface area contributed by atoms with Crippen LogP contribution in [-0.4, -0.2) is 31.6 Å². The van der Waals surface area contributed by atoms with Crippen LogP contribution in [0.25, 0.3) is 0 Å². The highest BCUT2D eigenvalue weighted by Crippen LogP contribution is 2.33. The van der Waals surface area contributed by atoms with Crippen molar-refractivity contribution < 1.29 is 19.1 Å². The van der Waals surface area contributed by atoms with Gasteiger partial charge in [-0.05, 0) is 19.1 Å². The summed E-state index contributed by atoms with van der Waals surface area (Å²) >= 11 is 0. The molecule has 0 aliphatic carbocycles. The first-order valence-corrected chi connectivity index (χ1v) is 6.60. The first kappa shape index (κ1) is 14.9. The molecule has 1 aliphatic heterocycles. The molecule has 1 saturated heterocycles. The summed E-state index contributed by atoms with van der Waals surface area (Å²) in [6.07, 6.45) is -0.734. The number of methoxy groups -OCH3 is 1. The number of carbonyl (C=O) groups excluding carboxylic acids is 2. The molecule has 110 valence electrons. The lowest BCUT2D eigenvalue weighted by atomic mass is 10.1. The van der Waals surface area contributed by atoms with E-state index < -0.39 is 18.0 Å². The normalized spacial score (nSPS) is 19.0. The molecule has 1 aliphatic rings. The van der Waals surface area contributed by atoms with E-state index in [1.165, 1.54) is 18.9 Å². The Balaban J connectivity index is 2.13. The molecule has 6 heteroatoms. The molecule has 0 radical (unpaired) electrons. The minimum Gasteiger partial charge on any atom is -0.495 e. The molecule has 1 fully saturated rings. The zero-order valence-corrected chi connectivity index (χ0v) is 11.9. The molecule has 0 bridgehead atoms. The van der Waals surface area contributed by atoms with Crippen LogP contribution in [0.2, 0.25) is 0 Å². The average molecular weight is 288 g/mol. The van der Waals surface area contributed by atoms with Crippen LogP contribution in [-0.2, 0) is 14.3 Å². The number of ether oxygens (including phenoxy) is 2. The Morgan fingerprint density at radius 1 is 1.48 bits per heavy atom. The molecule has 6 nitrogen and oxygen atoms in total. The van der Waals surface area contributed by atoms with Crippen molar-refractivity contribution in [3.63, 3.8) is 0 Å². The van der Waals surface area contributed by atoms with E-state index >= 15 is 0 Å². The summed E-state index contributed by atoms with van der Waals surface area (Å²) in [6.45, 7) is 1.73. The predicted molar refractivity (Wildman–Crippen MR) is 74.6 cm³/mol. The highest BCUT2D eigenvalue weighted by molar-refractivity contribution is 6.00. The lowest BCUT2D eigenvalue weighted by molar-refractivity contribution is -0.150. The van der Waals surface area contributed by atoms with Crippen LogP contribution < -0.4 is 9.64 Å². The fourth-order valence-electron chi connectivity index (χ4n) is 2.25. The van der Waals surface area contributed by atoms with Crippen LogP contribution in [0.3, 0.4) is 0 Å². The third kappa shape index (κ3) is 3.14. The van der Waals surface area contributed by atoms with Gasteiger partial charge in [0.1, 0.15) is 11.8 Å². The van der Waals surface area contributed by atoms with Crippen LogP contribution in [0.5, 0.6) is 5.75 Å². The van der Waals surface area contributed by atoms with E-state index in [-0.39, 0.29) is 18.9 Å². The molecule has 0 aromatic heterocycles. The number of esters is 1. The van der Waals surface area contributed by atoms with Gasteiger partial charge in [-0.2, -0.15) is 5.26 Å². The number of para-hydroxylation sites is 2. The van der Waals surface area contributed by atoms with Gasteiger partial charge in [-0.1, -0.05) is 12.1 Å². The molecule has 0 spiro atoms. The maximum absolute atomic E-state index is 12.1. The van der Waals surface area contributed by atoms with Crippen LogP contribution in [0.4, 0.5) is 5.69 Å². The Kier molecular flexibility index (Phi) is 4.43. The number of hydrogen-bond donors (Lipinski definition) is 0. The Morgan fingerprint density at radius 2 is 2.19 bits per heavy atom. The SMILES string of the molecule is COc1ccccc1N1C[C@H](C(=O)O[C@@H](C)C#N)CC1=O. The fraction of sp³-hybridized carbons (Fsp3) is 0.400. The van der Waals surface area contributed by atoms with E-state index in [2.05, 4.69) is 0 Å². The third-order valence-electron chi connectivity index (χ3n) is 3.31. The van der Waals surface area contributed by atoms with Gasteiger partial charge < -0.3 is 14.4 Å². The summed E-state index contributed by atoms with van der Waals surface area (Å²) in [6, 6.07) is 8.96. The first-order chi connectivity index (χ1) is 10.1. The van der Waals surface area contributed by atoms with E-state index in [1.807, 2.05) is 12.1 Å². The second kappa shape index (κ2) is 6.27. The predicted octanol–water partition coefficient (Wildman–Crippen LogP) is 1.50. The first-order valence-electron chi connectivity index (χ1n) is 6.60. The topological polar surface area (TPSA) is 79.6 Å². The molecule has 1 aromatic carbocycles. The lowest BCUT2D eigenvalue weighted by Gasteiger charge is -2.19. The molecule has 0 unspecified atom stereocenters. The van der Waals surface area contributed by atoms with E-state index in [9.17, 15) is 9.59 Å². The maximum atomic E-state index is 12.1. The summed E-state index contributed by atoms with van der Waals surface area (Å²) in [5.74, 6) is -0.663. The quantitative estimate of drug-likeness (QED) is 0.784. The number of rotatable bonds is 4. The van der Waals surface area contributed by atoms with Crippen molar-refractivity contribution in [3.8, 4) is 11.8 Å². The number of nitriles is 1. The largest absolute Gasteiger partial charge is 0.495 e. The van der Waals surface area contributed by atoms with Gasteiger partial charge in [0.05, 0.1) is 18.7 Å². The van der Waals surface area contributed by atoms with E-state index in [0.717, 1.165) is 0 Å². The van der Waals surface area contributed by atoms with Crippen molar-refractivity contribution >= 4 is 17.6 Å². The van der Waals surface area contributed by atoms with Gasteiger partial charge in [0, 0.05) is 13.0 Å². The van der Waals surface area contributed by atoms with E-state index in [0.29, 0.717) is 11.4 Å². The van der Waals surface area contributed by atoms with E-state index in [4.69, 9.17) is 14.7 Å². The summed E-state index contributed by atoms with van der Waals surface area (Å²) in [7, 11) is 1.53. The second-order valence-electron chi connectivity index (χ2n) is 4.79. The highest BCUT2D eigenvalue weighted by Gasteiger charge is 2.37. The number of benzene rings is 1. The van der Waals surface area contributed by atoms with Gasteiger partial charge in [0.15, 0.2) is 6.10 Å². The summed E-state index contributed by atoms with van der Waals surface area (Å²) in [4.78, 5) is 25.5. The molecule has 0 N–H and O–H groups in total. The van der Waals surface area contributed by atoms with Crippen molar-refractivity contribution in [2.75, 3.05) is 18.6 Å². The Morgan fingerprint density at radius 3 is 2.86 bits per heavy atom. The van der Waals surface area contributed by atoms with Gasteiger partial charge in [-0.15, -0.1) is 0 Å². The monoisotopic (exact) mass is 288 g/mol. The fourth-order valence-corrected chi connectivity index (χ4v) is 2.25. The maximum Gasteiger partial charge on any atom is 0.312 e. The van der Waals surface area contributed by atoms with Crippen molar-refractivity contribution in [1.82, 2.24) is 0 Å². The molecule has 1 aromatic rings. The van der Waals surface area contributed by atoms with Crippen LogP contribution in [0, 0.1) is 17.2 Å². The van der Waals surface area contributed by atoms with Crippen LogP contribution in [0.1, 0.15) is 13.3 Å². The molecule has 2 atom stereocenters. The standard InChI is InChI=1S/C15H16N2O4/c1-10(8-16)21-15(19)11-7-14(18)17(9-11)12-5-3-4-6-13(12)20-2/h3-6,10-11H,7,9H2,1-2H3/t10-,11+/m0/s1. The van der Waals surface area contributed by atoms with Crippen molar-refractivity contribution in [2.45, 2.75) is 19.4 Å². The van der Waals surface area contributed by atoms with Crippen molar-refractivity contribution in [3.05, 3.63) is 24.3 Å². The van der Waals surface area contributed by atoms with Gasteiger partial charge in [-0.25, -0.2) is 0 Å². The number of amides is 1. The van der Waals surface area contributed by atoms with E-state index in [1.54, 1.807) is 18.2 Å². The summed E-state index contributed by atoms with van der Waals surface area (Å²) in [5, 5.41) is 8.66. The molecule has 1 heterocycles. The lowest BCUT2D eigenvalue weighted by Crippen LogP contribution is -2.27. The number of hydrogen-bond acceptors (Lipinski definition) is 5. The molecular weight excluding hydrogens is 272 g/mol. The van der Waals surface area contributed by atoms with Crippen molar-refractivity contribution in [1.29, 1.82) is 5.26 Å². The minimum atomic E-state index is -0.812. The van der Waals surface area contributed by atoms with Gasteiger partial charge in [0.2, 0.25) is 5.91 Å². The van der Waals surface area contributed by atoms with Crippen LogP contribution in [0.15, 0.2) is 24.3 Å². The average Bonchev–Trinajstić information content (AvgIpc) is 2.89. The number of anilines is 1. The molecule has 21 heavy (non-hydrogen) atoms. The third-order valence-corrected chi connectivity index (χ3v) is 3.31. The smallest absolute Gasteiger partial charge is 0.312 e. The highest BCUT2D eigenvalue weighted by atomic mass is 16.5. The number of carbonyl (C=O) groups is 2. The van der Waals surface area contributed by atoms with Crippen molar-refractivity contribution in [2.24, 2.45) is 5.92 Å². The van der Waals surface area contributed by atoms with Gasteiger partial charge in [0.25, 0.3) is 0 Å². The Hall–Kier alpha value is -2.55. The summed E-state index contributed by atoms with van der Waals surface area (Å²) < 4.78 is 10.2. The van der Waals surface area contributed by atoms with Crippen LogP contribution >= 0.6 is 0 Å². The summed E-state index contributed by atoms with van der Waals surface area (Å²) in [5.41, 5.74) is 0.633. The molecule has 1 amide bonds. The zero-order chi connectivity index (χ0) is 15.4. The number of nitrogens with zero attached hydrogens (tertiary/aromatic N) is 2. The van der Waals surface area contributed by atoms with Gasteiger partial charge >= 0.3 is 5.97 Å². The van der Waals surface area contributed by atoms with Gasteiger partial charge in [-0.3, -0.25) is 9.59 Å². The molecule has 0 saturated carbocycles.